The molecular formula is C13H23N3O. The van der Waals surface area contributed by atoms with E-state index in [9.17, 15) is 0 Å². The molecule has 0 saturated heterocycles. The molecule has 0 amide bonds. The van der Waals surface area contributed by atoms with Crippen LogP contribution in [-0.4, -0.2) is 30.0 Å². The predicted molar refractivity (Wildman–Crippen MR) is 71.1 cm³/mol. The highest BCUT2D eigenvalue weighted by molar-refractivity contribution is 5.52. The molecule has 1 aromatic heterocycles. The van der Waals surface area contributed by atoms with Crippen LogP contribution in [0.4, 0.5) is 0 Å². The highest BCUT2D eigenvalue weighted by Crippen LogP contribution is 2.17. The molecule has 0 radical (unpaired) electrons. The van der Waals surface area contributed by atoms with Crippen LogP contribution >= 0.6 is 0 Å². The van der Waals surface area contributed by atoms with Crippen LogP contribution in [0.2, 0.25) is 0 Å². The van der Waals surface area contributed by atoms with Crippen LogP contribution in [0.1, 0.15) is 26.0 Å². The summed E-state index contributed by atoms with van der Waals surface area (Å²) < 4.78 is 7.04. The summed E-state index contributed by atoms with van der Waals surface area (Å²) in [6.45, 7) is 6.50. The lowest BCUT2D eigenvalue weighted by molar-refractivity contribution is 0.413. The van der Waals surface area contributed by atoms with Crippen molar-refractivity contribution in [2.75, 3.05) is 20.2 Å². The van der Waals surface area contributed by atoms with Crippen molar-refractivity contribution < 1.29 is 4.74 Å². The summed E-state index contributed by atoms with van der Waals surface area (Å²) in [4.78, 5) is 0. The summed E-state index contributed by atoms with van der Waals surface area (Å²) in [6.07, 6.45) is 6.95. The van der Waals surface area contributed by atoms with Gasteiger partial charge in [-0.05, 0) is 31.5 Å². The first kappa shape index (κ1) is 13.8. The Hall–Kier alpha value is -1.29. The second-order valence-corrected chi connectivity index (χ2v) is 4.51. The Morgan fingerprint density at radius 3 is 2.94 bits per heavy atom. The van der Waals surface area contributed by atoms with Gasteiger partial charge in [0.2, 0.25) is 0 Å². The molecule has 1 N–H and O–H groups in total. The van der Waals surface area contributed by atoms with Crippen LogP contribution in [0.3, 0.4) is 0 Å². The van der Waals surface area contributed by atoms with E-state index in [1.165, 1.54) is 0 Å². The molecule has 0 bridgehead atoms. The number of nitrogens with zero attached hydrogens (tertiary/aromatic N) is 2. The zero-order valence-corrected chi connectivity index (χ0v) is 11.2. The summed E-state index contributed by atoms with van der Waals surface area (Å²) in [6, 6.07) is 0. The number of hydrogen-bond acceptors (Lipinski definition) is 3. The Labute approximate surface area is 104 Å². The third kappa shape index (κ3) is 4.61. The minimum Gasteiger partial charge on any atom is -0.493 e. The molecule has 1 heterocycles. The van der Waals surface area contributed by atoms with Crippen molar-refractivity contribution >= 4 is 6.08 Å². The summed E-state index contributed by atoms with van der Waals surface area (Å²) in [7, 11) is 3.58. The van der Waals surface area contributed by atoms with E-state index in [2.05, 4.69) is 36.4 Å². The maximum atomic E-state index is 5.23. The molecule has 0 aromatic carbocycles. The van der Waals surface area contributed by atoms with Gasteiger partial charge in [-0.15, -0.1) is 0 Å². The number of hydrogen-bond donors (Lipinski definition) is 1. The molecule has 4 heteroatoms. The Kier molecular flexibility index (Phi) is 5.77. The van der Waals surface area contributed by atoms with Crippen molar-refractivity contribution in [2.45, 2.75) is 20.3 Å². The molecule has 96 valence electrons. The lowest BCUT2D eigenvalue weighted by Crippen LogP contribution is -2.20. The summed E-state index contributed by atoms with van der Waals surface area (Å²) in [5.74, 6) is 1.52. The van der Waals surface area contributed by atoms with Gasteiger partial charge in [0.05, 0.1) is 13.3 Å². The van der Waals surface area contributed by atoms with Crippen LogP contribution < -0.4 is 10.1 Å². The van der Waals surface area contributed by atoms with Gasteiger partial charge in [-0.2, -0.15) is 5.10 Å². The zero-order chi connectivity index (χ0) is 12.7. The average Bonchev–Trinajstić information content (AvgIpc) is 2.64. The van der Waals surface area contributed by atoms with E-state index in [0.717, 1.165) is 31.0 Å². The Morgan fingerprint density at radius 1 is 1.53 bits per heavy atom. The monoisotopic (exact) mass is 237 g/mol. The van der Waals surface area contributed by atoms with Gasteiger partial charge in [-0.3, -0.25) is 4.68 Å². The van der Waals surface area contributed by atoms with Crippen molar-refractivity contribution in [2.24, 2.45) is 13.0 Å². The minimum absolute atomic E-state index is 0.705. The smallest absolute Gasteiger partial charge is 0.164 e. The fraction of sp³-hybridized carbons (Fsp3) is 0.615. The van der Waals surface area contributed by atoms with E-state index in [1.807, 2.05) is 11.7 Å². The van der Waals surface area contributed by atoms with Gasteiger partial charge in [0.1, 0.15) is 5.69 Å². The number of nitrogens with one attached hydrogen (secondary N) is 1. The van der Waals surface area contributed by atoms with Crippen LogP contribution in [-0.2, 0) is 7.05 Å². The van der Waals surface area contributed by atoms with Crippen LogP contribution in [0.5, 0.6) is 5.75 Å². The van der Waals surface area contributed by atoms with Gasteiger partial charge in [0.15, 0.2) is 5.75 Å². The topological polar surface area (TPSA) is 39.1 Å². The van der Waals surface area contributed by atoms with Crippen molar-refractivity contribution in [3.63, 3.8) is 0 Å². The fourth-order valence-electron chi connectivity index (χ4n) is 1.55. The highest BCUT2D eigenvalue weighted by atomic mass is 16.5. The van der Waals surface area contributed by atoms with E-state index < -0.39 is 0 Å². The third-order valence-corrected chi connectivity index (χ3v) is 2.49. The fourth-order valence-corrected chi connectivity index (χ4v) is 1.55. The molecule has 0 atom stereocenters. The second-order valence-electron chi connectivity index (χ2n) is 4.51. The van der Waals surface area contributed by atoms with Gasteiger partial charge < -0.3 is 10.1 Å². The van der Waals surface area contributed by atoms with Gasteiger partial charge >= 0.3 is 0 Å². The second kappa shape index (κ2) is 7.12. The van der Waals surface area contributed by atoms with Gasteiger partial charge in [0, 0.05) is 7.05 Å². The molecule has 4 nitrogen and oxygen atoms in total. The van der Waals surface area contributed by atoms with E-state index in [0.29, 0.717) is 5.92 Å². The maximum Gasteiger partial charge on any atom is 0.164 e. The molecule has 1 rings (SSSR count). The first-order valence-corrected chi connectivity index (χ1v) is 6.08. The van der Waals surface area contributed by atoms with Gasteiger partial charge in [0.25, 0.3) is 0 Å². The minimum atomic E-state index is 0.705. The third-order valence-electron chi connectivity index (χ3n) is 2.49. The molecule has 0 aliphatic carbocycles. The quantitative estimate of drug-likeness (QED) is 0.738. The lowest BCUT2D eigenvalue weighted by atomic mass is 10.2. The zero-order valence-electron chi connectivity index (χ0n) is 11.2. The first-order valence-electron chi connectivity index (χ1n) is 6.08. The molecule has 1 aromatic rings. The van der Waals surface area contributed by atoms with E-state index in [-0.39, 0.29) is 0 Å². The molecule has 0 aliphatic rings. The SMILES string of the molecule is COc1cnn(C)c1/C=C/CCNCC(C)C. The number of aromatic nitrogens is 2. The molecular weight excluding hydrogens is 214 g/mol. The number of aryl methyl sites for hydroxylation is 1. The average molecular weight is 237 g/mol. The summed E-state index contributed by atoms with van der Waals surface area (Å²) in [5, 5.41) is 7.55. The Balaban J connectivity index is 2.35. The van der Waals surface area contributed by atoms with E-state index >= 15 is 0 Å². The van der Waals surface area contributed by atoms with Crippen LogP contribution in [0.15, 0.2) is 12.3 Å². The largest absolute Gasteiger partial charge is 0.493 e. The Bertz CT molecular complexity index is 356. The number of methoxy groups -OCH3 is 1. The predicted octanol–water partition coefficient (Wildman–Crippen LogP) is 2.08. The molecule has 0 fully saturated rings. The van der Waals surface area contributed by atoms with Crippen molar-refractivity contribution in [3.05, 3.63) is 18.0 Å². The molecule has 17 heavy (non-hydrogen) atoms. The van der Waals surface area contributed by atoms with Crippen LogP contribution in [0, 0.1) is 5.92 Å². The van der Waals surface area contributed by atoms with Crippen molar-refractivity contribution in [1.29, 1.82) is 0 Å². The van der Waals surface area contributed by atoms with Crippen molar-refractivity contribution in [3.8, 4) is 5.75 Å². The van der Waals surface area contributed by atoms with Crippen LogP contribution in [0.25, 0.3) is 6.08 Å². The molecule has 0 spiro atoms. The molecule has 0 saturated carbocycles. The molecule has 0 unspecified atom stereocenters. The van der Waals surface area contributed by atoms with Crippen molar-refractivity contribution in [1.82, 2.24) is 15.1 Å². The molecule has 0 aliphatic heterocycles. The van der Waals surface area contributed by atoms with Gasteiger partial charge in [-0.25, -0.2) is 0 Å². The summed E-state index contributed by atoms with van der Waals surface area (Å²) >= 11 is 0. The lowest BCUT2D eigenvalue weighted by Gasteiger charge is -2.05. The van der Waals surface area contributed by atoms with E-state index in [4.69, 9.17) is 4.74 Å². The highest BCUT2D eigenvalue weighted by Gasteiger charge is 2.03. The first-order chi connectivity index (χ1) is 8.15. The number of rotatable bonds is 7. The Morgan fingerprint density at radius 2 is 2.29 bits per heavy atom. The van der Waals surface area contributed by atoms with Gasteiger partial charge in [-0.1, -0.05) is 19.9 Å². The maximum absolute atomic E-state index is 5.23. The van der Waals surface area contributed by atoms with E-state index in [1.54, 1.807) is 13.3 Å². The standard InChI is InChI=1S/C13H23N3O/c1-11(2)9-14-8-6-5-7-12-13(17-4)10-15-16(12)3/h5,7,10-11,14H,6,8-9H2,1-4H3/b7-5+. The number of ether oxygens (including phenoxy) is 1. The summed E-state index contributed by atoms with van der Waals surface area (Å²) in [5.41, 5.74) is 1.01. The normalized spacial score (nSPS) is 11.6.